The predicted octanol–water partition coefficient (Wildman–Crippen LogP) is 16.0. The van der Waals surface area contributed by atoms with Gasteiger partial charge in [0, 0.05) is 55.9 Å². The Labute approximate surface area is 359 Å². The quantitative estimate of drug-likeness (QED) is 0.137. The van der Waals surface area contributed by atoms with E-state index in [0.717, 1.165) is 57.2 Å². The molecule has 2 aliphatic carbocycles. The molecule has 1 unspecified atom stereocenters. The molecule has 10 rings (SSSR count). The van der Waals surface area contributed by atoms with Crippen LogP contribution in [0.5, 0.6) is 0 Å². The summed E-state index contributed by atoms with van der Waals surface area (Å²) in [6.07, 6.45) is 12.0. The van der Waals surface area contributed by atoms with Crippen molar-refractivity contribution in [3.8, 4) is 16.8 Å². The fraction of sp³-hybridized carbons (Fsp3) is 0.103. The van der Waals surface area contributed by atoms with Gasteiger partial charge in [-0.2, -0.15) is 0 Å². The van der Waals surface area contributed by atoms with E-state index in [-0.39, 0.29) is 5.41 Å². The smallest absolute Gasteiger partial charge is 0.0541 e. The molecule has 296 valence electrons. The van der Waals surface area contributed by atoms with Gasteiger partial charge in [0.1, 0.15) is 0 Å². The molecule has 8 aromatic rings. The SMILES string of the molecule is C=CC1=C(C=C)C(C)(C)c2cc(N(c3ccccc3)c3ccc(N(C4=CCC(C)C=C4)c4ccccc4)c(-c4ccc5c(c4)c4ccccc4n5-c4ccccc4)c3)ccc21. The first kappa shape index (κ1) is 37.9. The van der Waals surface area contributed by atoms with Crippen molar-refractivity contribution < 1.29 is 0 Å². The maximum atomic E-state index is 4.22. The van der Waals surface area contributed by atoms with Gasteiger partial charge in [0.25, 0.3) is 0 Å². The highest BCUT2D eigenvalue weighted by atomic mass is 15.2. The Hall–Kier alpha value is -7.36. The molecule has 0 radical (unpaired) electrons. The first-order valence-electron chi connectivity index (χ1n) is 21.3. The molecule has 0 aliphatic heterocycles. The van der Waals surface area contributed by atoms with E-state index in [4.69, 9.17) is 0 Å². The van der Waals surface area contributed by atoms with Crippen molar-refractivity contribution in [2.45, 2.75) is 32.6 Å². The van der Waals surface area contributed by atoms with E-state index in [9.17, 15) is 0 Å². The van der Waals surface area contributed by atoms with Crippen LogP contribution in [0, 0.1) is 5.92 Å². The third-order valence-electron chi connectivity index (χ3n) is 12.7. The number of allylic oxidation sites excluding steroid dienone is 7. The average Bonchev–Trinajstić information content (AvgIpc) is 3.75. The molecule has 0 saturated carbocycles. The van der Waals surface area contributed by atoms with E-state index in [1.165, 1.54) is 44.2 Å². The van der Waals surface area contributed by atoms with E-state index in [1.54, 1.807) is 0 Å². The minimum Gasteiger partial charge on any atom is -0.310 e. The lowest BCUT2D eigenvalue weighted by Crippen LogP contribution is -2.19. The summed E-state index contributed by atoms with van der Waals surface area (Å²) in [4.78, 5) is 4.83. The summed E-state index contributed by atoms with van der Waals surface area (Å²) in [7, 11) is 0. The molecule has 2 aliphatic rings. The number of hydrogen-bond acceptors (Lipinski definition) is 2. The van der Waals surface area contributed by atoms with E-state index in [1.807, 2.05) is 12.2 Å². The lowest BCUT2D eigenvalue weighted by Gasteiger charge is -2.32. The number of nitrogens with zero attached hydrogens (tertiary/aromatic N) is 3. The second-order valence-corrected chi connectivity index (χ2v) is 16.8. The molecule has 1 aromatic heterocycles. The largest absolute Gasteiger partial charge is 0.310 e. The summed E-state index contributed by atoms with van der Waals surface area (Å²) in [5.41, 5.74) is 17.1. The van der Waals surface area contributed by atoms with Crippen LogP contribution >= 0.6 is 0 Å². The fourth-order valence-corrected chi connectivity index (χ4v) is 9.63. The van der Waals surface area contributed by atoms with Crippen molar-refractivity contribution in [2.24, 2.45) is 5.92 Å². The number of anilines is 5. The number of benzene rings is 7. The zero-order valence-corrected chi connectivity index (χ0v) is 35.1. The summed E-state index contributed by atoms with van der Waals surface area (Å²) in [6, 6.07) is 61.9. The Morgan fingerprint density at radius 1 is 0.590 bits per heavy atom. The Bertz CT molecular complexity index is 3070. The van der Waals surface area contributed by atoms with Gasteiger partial charge in [-0.15, -0.1) is 0 Å². The van der Waals surface area contributed by atoms with Gasteiger partial charge in [-0.3, -0.25) is 0 Å². The summed E-state index contributed by atoms with van der Waals surface area (Å²) in [5.74, 6) is 0.490. The van der Waals surface area contributed by atoms with Crippen LogP contribution in [-0.4, -0.2) is 4.57 Å². The Kier molecular flexibility index (Phi) is 9.53. The monoisotopic (exact) mass is 787 g/mol. The van der Waals surface area contributed by atoms with Crippen molar-refractivity contribution in [3.05, 3.63) is 236 Å². The molecule has 1 atom stereocenters. The second-order valence-electron chi connectivity index (χ2n) is 16.8. The van der Waals surface area contributed by atoms with Crippen LogP contribution in [0.15, 0.2) is 225 Å². The molecule has 0 amide bonds. The van der Waals surface area contributed by atoms with Gasteiger partial charge in [0.2, 0.25) is 0 Å². The molecule has 0 saturated heterocycles. The maximum absolute atomic E-state index is 4.22. The van der Waals surface area contributed by atoms with Crippen LogP contribution < -0.4 is 9.80 Å². The van der Waals surface area contributed by atoms with E-state index in [2.05, 4.69) is 236 Å². The summed E-state index contributed by atoms with van der Waals surface area (Å²) < 4.78 is 2.39. The Morgan fingerprint density at radius 2 is 1.23 bits per heavy atom. The third kappa shape index (κ3) is 6.45. The average molecular weight is 788 g/mol. The van der Waals surface area contributed by atoms with Crippen LogP contribution in [0.25, 0.3) is 44.2 Å². The number of hydrogen-bond donors (Lipinski definition) is 0. The molecule has 0 N–H and O–H groups in total. The third-order valence-corrected chi connectivity index (χ3v) is 12.7. The van der Waals surface area contributed by atoms with E-state index >= 15 is 0 Å². The number of rotatable bonds is 10. The maximum Gasteiger partial charge on any atom is 0.0541 e. The molecular weight excluding hydrogens is 739 g/mol. The molecule has 3 nitrogen and oxygen atoms in total. The highest BCUT2D eigenvalue weighted by molar-refractivity contribution is 6.11. The normalized spacial score (nSPS) is 15.5. The van der Waals surface area contributed by atoms with Gasteiger partial charge in [-0.1, -0.05) is 143 Å². The lowest BCUT2D eigenvalue weighted by molar-refractivity contribution is 0.654. The summed E-state index contributed by atoms with van der Waals surface area (Å²) >= 11 is 0. The fourth-order valence-electron chi connectivity index (χ4n) is 9.63. The molecule has 0 bridgehead atoms. The lowest BCUT2D eigenvalue weighted by atomic mass is 9.81. The highest BCUT2D eigenvalue weighted by Gasteiger charge is 2.36. The molecule has 7 aromatic carbocycles. The Morgan fingerprint density at radius 3 is 1.92 bits per heavy atom. The van der Waals surface area contributed by atoms with Gasteiger partial charge in [0.15, 0.2) is 0 Å². The zero-order valence-electron chi connectivity index (χ0n) is 35.1. The first-order valence-corrected chi connectivity index (χ1v) is 21.3. The van der Waals surface area contributed by atoms with Crippen molar-refractivity contribution in [1.82, 2.24) is 4.57 Å². The van der Waals surface area contributed by atoms with Crippen LogP contribution in [0.3, 0.4) is 0 Å². The van der Waals surface area contributed by atoms with Crippen LogP contribution in [0.2, 0.25) is 0 Å². The van der Waals surface area contributed by atoms with Crippen molar-refractivity contribution in [2.75, 3.05) is 9.80 Å². The molecule has 61 heavy (non-hydrogen) atoms. The molecule has 1 heterocycles. The van der Waals surface area contributed by atoms with Crippen LogP contribution in [0.4, 0.5) is 28.4 Å². The molecule has 0 spiro atoms. The van der Waals surface area contributed by atoms with Gasteiger partial charge in [-0.25, -0.2) is 0 Å². The number of fused-ring (bicyclic) bond motifs is 4. The number of aromatic nitrogens is 1. The molecule has 3 heteroatoms. The van der Waals surface area contributed by atoms with Crippen molar-refractivity contribution in [3.63, 3.8) is 0 Å². The Balaban J connectivity index is 1.23. The number of para-hydroxylation sites is 4. The minimum atomic E-state index is -0.225. The van der Waals surface area contributed by atoms with E-state index in [0.29, 0.717) is 5.92 Å². The van der Waals surface area contributed by atoms with Gasteiger partial charge in [-0.05, 0) is 131 Å². The predicted molar refractivity (Wildman–Crippen MR) is 261 cm³/mol. The first-order chi connectivity index (χ1) is 29.9. The van der Waals surface area contributed by atoms with Crippen molar-refractivity contribution >= 4 is 55.8 Å². The zero-order chi connectivity index (χ0) is 41.7. The van der Waals surface area contributed by atoms with Gasteiger partial charge >= 0.3 is 0 Å². The van der Waals surface area contributed by atoms with Gasteiger partial charge in [0.05, 0.1) is 16.7 Å². The summed E-state index contributed by atoms with van der Waals surface area (Å²) in [5, 5.41) is 2.44. The highest BCUT2D eigenvalue weighted by Crippen LogP contribution is 2.50. The van der Waals surface area contributed by atoms with Crippen LogP contribution in [-0.2, 0) is 5.41 Å². The van der Waals surface area contributed by atoms with Gasteiger partial charge < -0.3 is 14.4 Å². The second kappa shape index (κ2) is 15.3. The van der Waals surface area contributed by atoms with E-state index < -0.39 is 0 Å². The molecular formula is C58H49N3. The van der Waals surface area contributed by atoms with Crippen LogP contribution in [0.1, 0.15) is 38.3 Å². The van der Waals surface area contributed by atoms with Crippen molar-refractivity contribution in [1.29, 1.82) is 0 Å². The molecule has 0 fully saturated rings. The standard InChI is InChI=1S/C58H49N3/c1-6-48-49-34-32-47(39-54(49)58(4,5)53(48)7-2)59(42-19-11-8-12-20-42)46-33-36-56(60(43-21-13-9-14-22-43)45-30-27-40(3)28-31-45)51(38-46)41-29-35-57-52(37-41)50-25-17-18-26-55(50)61(57)44-23-15-10-16-24-44/h6-27,29-40H,1-2,28H2,3-5H3. The summed E-state index contributed by atoms with van der Waals surface area (Å²) in [6.45, 7) is 15.3. The minimum absolute atomic E-state index is 0.225. The topological polar surface area (TPSA) is 11.4 Å².